The van der Waals surface area contributed by atoms with E-state index in [0.29, 0.717) is 22.1 Å². The first kappa shape index (κ1) is 18.1. The molecule has 4 rings (SSSR count). The quantitative estimate of drug-likeness (QED) is 0.626. The number of fused-ring (bicyclic) bond motifs is 1. The zero-order valence-corrected chi connectivity index (χ0v) is 15.7. The van der Waals surface area contributed by atoms with Crippen LogP contribution in [0.25, 0.3) is 22.0 Å². The normalized spacial score (nSPS) is 18.2. The van der Waals surface area contributed by atoms with E-state index in [1.165, 1.54) is 6.07 Å². The predicted octanol–water partition coefficient (Wildman–Crippen LogP) is 4.48. The lowest BCUT2D eigenvalue weighted by Crippen LogP contribution is -2.41. The Hall–Kier alpha value is -2.31. The average Bonchev–Trinajstić information content (AvgIpc) is 2.84. The summed E-state index contributed by atoms with van der Waals surface area (Å²) in [6.45, 7) is 7.69. The molecule has 1 aliphatic heterocycles. The lowest BCUT2D eigenvalue weighted by molar-refractivity contribution is 0.00578. The highest BCUT2D eigenvalue weighted by atomic mass is 19.2. The van der Waals surface area contributed by atoms with Crippen LogP contribution < -0.4 is 5.46 Å². The van der Waals surface area contributed by atoms with Crippen molar-refractivity contribution in [2.75, 3.05) is 0 Å². The van der Waals surface area contributed by atoms with Gasteiger partial charge in [-0.15, -0.1) is 0 Å². The molecule has 6 heteroatoms. The molecule has 1 aromatic heterocycles. The van der Waals surface area contributed by atoms with E-state index < -0.39 is 30.0 Å². The van der Waals surface area contributed by atoms with Gasteiger partial charge in [0, 0.05) is 17.1 Å². The summed E-state index contributed by atoms with van der Waals surface area (Å²) in [5, 5.41) is 0.916. The van der Waals surface area contributed by atoms with Crippen LogP contribution in [-0.4, -0.2) is 23.3 Å². The van der Waals surface area contributed by atoms with Crippen molar-refractivity contribution >= 4 is 23.5 Å². The molecule has 2 aromatic carbocycles. The minimum Gasteiger partial charge on any atom is -0.399 e. The van der Waals surface area contributed by atoms with Crippen LogP contribution in [0.5, 0.6) is 0 Å². The van der Waals surface area contributed by atoms with Gasteiger partial charge in [-0.25, -0.2) is 8.78 Å². The van der Waals surface area contributed by atoms with Crippen LogP contribution in [0.15, 0.2) is 48.7 Å². The van der Waals surface area contributed by atoms with Gasteiger partial charge in [-0.05, 0) is 56.9 Å². The topological polar surface area (TPSA) is 31.4 Å². The number of hydrogen-bond acceptors (Lipinski definition) is 3. The Bertz CT molecular complexity index is 1010. The van der Waals surface area contributed by atoms with Gasteiger partial charge in [0.2, 0.25) is 0 Å². The van der Waals surface area contributed by atoms with Crippen LogP contribution in [0, 0.1) is 11.6 Å². The van der Waals surface area contributed by atoms with Crippen LogP contribution in [0.2, 0.25) is 0 Å². The first-order valence-electron chi connectivity index (χ1n) is 8.88. The van der Waals surface area contributed by atoms with Gasteiger partial charge in [0.25, 0.3) is 0 Å². The molecule has 0 radical (unpaired) electrons. The van der Waals surface area contributed by atoms with Crippen molar-refractivity contribution in [3.05, 3.63) is 60.3 Å². The summed E-state index contributed by atoms with van der Waals surface area (Å²) < 4.78 is 40.5. The second-order valence-electron chi connectivity index (χ2n) is 7.82. The molecular weight excluding hydrogens is 347 g/mol. The smallest absolute Gasteiger partial charge is 0.399 e. The van der Waals surface area contributed by atoms with Gasteiger partial charge in [0.05, 0.1) is 16.7 Å². The number of para-hydroxylation sites is 1. The summed E-state index contributed by atoms with van der Waals surface area (Å²) >= 11 is 0. The highest BCUT2D eigenvalue weighted by Crippen LogP contribution is 2.38. The molecule has 0 N–H and O–H groups in total. The van der Waals surface area contributed by atoms with Crippen molar-refractivity contribution in [1.29, 1.82) is 0 Å². The maximum atomic E-state index is 14.2. The zero-order chi connectivity index (χ0) is 19.4. The van der Waals surface area contributed by atoms with Gasteiger partial charge in [-0.1, -0.05) is 24.3 Å². The van der Waals surface area contributed by atoms with Crippen molar-refractivity contribution in [1.82, 2.24) is 4.98 Å². The molecule has 0 bridgehead atoms. The lowest BCUT2D eigenvalue weighted by atomic mass is 9.74. The Morgan fingerprint density at radius 2 is 1.48 bits per heavy atom. The lowest BCUT2D eigenvalue weighted by Gasteiger charge is -2.32. The monoisotopic (exact) mass is 367 g/mol. The molecule has 3 aromatic rings. The number of rotatable bonds is 2. The van der Waals surface area contributed by atoms with Gasteiger partial charge in [0.1, 0.15) is 0 Å². The third kappa shape index (κ3) is 2.93. The van der Waals surface area contributed by atoms with Gasteiger partial charge < -0.3 is 9.31 Å². The minimum atomic E-state index is -0.934. The van der Waals surface area contributed by atoms with Crippen molar-refractivity contribution in [2.24, 2.45) is 0 Å². The molecule has 1 saturated heterocycles. The number of hydrogen-bond donors (Lipinski definition) is 0. The van der Waals surface area contributed by atoms with Crippen LogP contribution in [0.4, 0.5) is 8.78 Å². The summed E-state index contributed by atoms with van der Waals surface area (Å²) in [5.74, 6) is -1.85. The Balaban J connectivity index is 1.93. The molecular formula is C21H20BF2NO2. The summed E-state index contributed by atoms with van der Waals surface area (Å²) in [7, 11) is -0.806. The van der Waals surface area contributed by atoms with E-state index in [4.69, 9.17) is 9.31 Å². The van der Waals surface area contributed by atoms with Crippen molar-refractivity contribution in [3.63, 3.8) is 0 Å². The Morgan fingerprint density at radius 3 is 2.19 bits per heavy atom. The molecule has 0 unspecified atom stereocenters. The molecule has 2 heterocycles. The highest BCUT2D eigenvalue weighted by molar-refractivity contribution is 6.64. The number of pyridine rings is 1. The second kappa shape index (κ2) is 6.11. The van der Waals surface area contributed by atoms with E-state index >= 15 is 0 Å². The Kier molecular flexibility index (Phi) is 4.09. The van der Waals surface area contributed by atoms with Gasteiger partial charge >= 0.3 is 7.12 Å². The molecule has 0 saturated carbocycles. The Labute approximate surface area is 157 Å². The first-order chi connectivity index (χ1) is 12.7. The molecule has 27 heavy (non-hydrogen) atoms. The van der Waals surface area contributed by atoms with E-state index in [2.05, 4.69) is 4.98 Å². The third-order valence-electron chi connectivity index (χ3n) is 5.52. The number of nitrogens with zero attached hydrogens (tertiary/aromatic N) is 1. The van der Waals surface area contributed by atoms with Crippen LogP contribution in [0.1, 0.15) is 27.7 Å². The minimum absolute atomic E-state index is 0.450. The maximum Gasteiger partial charge on any atom is 0.495 e. The molecule has 0 amide bonds. The van der Waals surface area contributed by atoms with Crippen LogP contribution in [-0.2, 0) is 9.31 Å². The standard InChI is InChI=1S/C21H20BF2NO2/c1-20(2)21(3,4)27-22(26-20)16-12-18(24)17(23)11-15(16)14-9-5-7-13-8-6-10-25-19(13)14/h5-12H,1-4H3. The molecule has 138 valence electrons. The fraction of sp³-hybridized carbons (Fsp3) is 0.286. The zero-order valence-electron chi connectivity index (χ0n) is 15.7. The Morgan fingerprint density at radius 1 is 0.852 bits per heavy atom. The summed E-state index contributed by atoms with van der Waals surface area (Å²) in [6, 6.07) is 11.8. The van der Waals surface area contributed by atoms with Gasteiger partial charge in [-0.3, -0.25) is 4.98 Å². The van der Waals surface area contributed by atoms with E-state index in [1.54, 1.807) is 6.20 Å². The fourth-order valence-corrected chi connectivity index (χ4v) is 3.28. The number of aromatic nitrogens is 1. The largest absolute Gasteiger partial charge is 0.495 e. The van der Waals surface area contributed by atoms with Crippen molar-refractivity contribution < 1.29 is 18.1 Å². The molecule has 0 atom stereocenters. The SMILES string of the molecule is CC1(C)OB(c2cc(F)c(F)cc2-c2cccc3cccnc23)OC1(C)C. The van der Waals surface area contributed by atoms with Gasteiger partial charge in [-0.2, -0.15) is 0 Å². The number of benzene rings is 2. The summed E-state index contributed by atoms with van der Waals surface area (Å²) in [6.07, 6.45) is 1.68. The van der Waals surface area contributed by atoms with Crippen LogP contribution in [0.3, 0.4) is 0 Å². The molecule has 1 fully saturated rings. The highest BCUT2D eigenvalue weighted by Gasteiger charge is 2.52. The number of halogens is 2. The summed E-state index contributed by atoms with van der Waals surface area (Å²) in [4.78, 5) is 4.44. The second-order valence-corrected chi connectivity index (χ2v) is 7.82. The predicted molar refractivity (Wildman–Crippen MR) is 103 cm³/mol. The maximum absolute atomic E-state index is 14.2. The van der Waals surface area contributed by atoms with E-state index in [0.717, 1.165) is 11.5 Å². The first-order valence-corrected chi connectivity index (χ1v) is 8.88. The molecule has 1 aliphatic rings. The van der Waals surface area contributed by atoms with E-state index in [1.807, 2.05) is 58.0 Å². The molecule has 0 aliphatic carbocycles. The van der Waals surface area contributed by atoms with Crippen molar-refractivity contribution in [3.8, 4) is 11.1 Å². The van der Waals surface area contributed by atoms with E-state index in [-0.39, 0.29) is 0 Å². The average molecular weight is 367 g/mol. The fourth-order valence-electron chi connectivity index (χ4n) is 3.28. The van der Waals surface area contributed by atoms with Crippen LogP contribution >= 0.6 is 0 Å². The summed E-state index contributed by atoms with van der Waals surface area (Å²) in [5.41, 5.74) is 1.20. The molecule has 0 spiro atoms. The van der Waals surface area contributed by atoms with Gasteiger partial charge in [0.15, 0.2) is 11.6 Å². The van der Waals surface area contributed by atoms with Crippen molar-refractivity contribution in [2.45, 2.75) is 38.9 Å². The molecule has 3 nitrogen and oxygen atoms in total. The van der Waals surface area contributed by atoms with E-state index in [9.17, 15) is 8.78 Å². The third-order valence-corrected chi connectivity index (χ3v) is 5.52.